The first-order valence-electron chi connectivity index (χ1n) is 15.1. The van der Waals surface area contributed by atoms with E-state index in [1.165, 1.54) is 27.1 Å². The van der Waals surface area contributed by atoms with Crippen molar-refractivity contribution in [3.8, 4) is 11.1 Å². The minimum atomic E-state index is 0.0591. The summed E-state index contributed by atoms with van der Waals surface area (Å²) in [4.78, 5) is 7.05. The molecular weight excluding hydrogens is 536 g/mol. The molecule has 8 aromatic rings. The Hall–Kier alpha value is -5.41. The highest BCUT2D eigenvalue weighted by atomic mass is 16.3. The van der Waals surface area contributed by atoms with Gasteiger partial charge in [-0.15, -0.1) is 0 Å². The predicted octanol–water partition coefficient (Wildman–Crippen LogP) is 11.7. The summed E-state index contributed by atoms with van der Waals surface area (Å²) in [6, 6.07) is 45.5. The van der Waals surface area contributed by atoms with Gasteiger partial charge < -0.3 is 9.32 Å². The molecule has 44 heavy (non-hydrogen) atoms. The van der Waals surface area contributed by atoms with E-state index in [4.69, 9.17) is 9.40 Å². The highest BCUT2D eigenvalue weighted by Gasteiger charge is 2.18. The standard InChI is InChI=1S/C41H32N2O/c1-41(2,3)31-17-20-40-38(23-31)37-22-29(16-19-39(37)44-40)30-21-34(26-42-25-30)43(32-10-5-4-6-11-32)33-18-15-28-14-13-27-9-7-8-12-35(27)36(28)24-33/h4-26H,1-3H3. The smallest absolute Gasteiger partial charge is 0.135 e. The summed E-state index contributed by atoms with van der Waals surface area (Å²) in [6.45, 7) is 6.74. The Morgan fingerprint density at radius 1 is 0.500 bits per heavy atom. The van der Waals surface area contributed by atoms with Crippen molar-refractivity contribution in [2.24, 2.45) is 0 Å². The van der Waals surface area contributed by atoms with Gasteiger partial charge in [0.25, 0.3) is 0 Å². The maximum absolute atomic E-state index is 6.23. The first-order chi connectivity index (χ1) is 21.4. The number of hydrogen-bond donors (Lipinski definition) is 0. The summed E-state index contributed by atoms with van der Waals surface area (Å²) in [5, 5.41) is 7.22. The van der Waals surface area contributed by atoms with Crippen molar-refractivity contribution in [2.45, 2.75) is 26.2 Å². The van der Waals surface area contributed by atoms with E-state index in [1.54, 1.807) is 0 Å². The molecule has 2 heterocycles. The van der Waals surface area contributed by atoms with Crippen LogP contribution in [0.4, 0.5) is 17.1 Å². The van der Waals surface area contributed by atoms with Crippen LogP contribution >= 0.6 is 0 Å². The van der Waals surface area contributed by atoms with Crippen LogP contribution in [0.2, 0.25) is 0 Å². The van der Waals surface area contributed by atoms with Crippen molar-refractivity contribution >= 4 is 60.5 Å². The molecule has 0 unspecified atom stereocenters. The van der Waals surface area contributed by atoms with Crippen LogP contribution in [0.25, 0.3) is 54.6 Å². The van der Waals surface area contributed by atoms with Gasteiger partial charge in [0.05, 0.1) is 11.9 Å². The number of anilines is 3. The van der Waals surface area contributed by atoms with Crippen LogP contribution in [0.1, 0.15) is 26.3 Å². The van der Waals surface area contributed by atoms with Crippen LogP contribution < -0.4 is 4.90 Å². The normalized spacial score (nSPS) is 12.0. The molecule has 0 bridgehead atoms. The zero-order chi connectivity index (χ0) is 29.8. The van der Waals surface area contributed by atoms with E-state index in [9.17, 15) is 0 Å². The van der Waals surface area contributed by atoms with Gasteiger partial charge in [-0.05, 0) is 92.7 Å². The van der Waals surface area contributed by atoms with Crippen molar-refractivity contribution < 1.29 is 4.42 Å². The van der Waals surface area contributed by atoms with Gasteiger partial charge in [0.2, 0.25) is 0 Å². The minimum absolute atomic E-state index is 0.0591. The third-order valence-corrected chi connectivity index (χ3v) is 8.65. The predicted molar refractivity (Wildman–Crippen MR) is 185 cm³/mol. The van der Waals surface area contributed by atoms with Crippen LogP contribution in [-0.4, -0.2) is 4.98 Å². The molecule has 212 valence electrons. The number of para-hydroxylation sites is 1. The number of aromatic nitrogens is 1. The van der Waals surface area contributed by atoms with E-state index >= 15 is 0 Å². The fourth-order valence-electron chi connectivity index (χ4n) is 6.28. The van der Waals surface area contributed by atoms with E-state index in [-0.39, 0.29) is 5.41 Å². The lowest BCUT2D eigenvalue weighted by Crippen LogP contribution is -2.10. The van der Waals surface area contributed by atoms with Crippen molar-refractivity contribution in [1.82, 2.24) is 4.98 Å². The molecule has 0 amide bonds. The second-order valence-electron chi connectivity index (χ2n) is 12.6. The average Bonchev–Trinajstić information content (AvgIpc) is 3.42. The molecular formula is C41H32N2O. The van der Waals surface area contributed by atoms with E-state index in [0.29, 0.717) is 0 Å². The maximum Gasteiger partial charge on any atom is 0.135 e. The lowest BCUT2D eigenvalue weighted by Gasteiger charge is -2.26. The van der Waals surface area contributed by atoms with E-state index in [0.717, 1.165) is 50.1 Å². The number of furan rings is 1. The average molecular weight is 569 g/mol. The van der Waals surface area contributed by atoms with Gasteiger partial charge in [0.1, 0.15) is 11.2 Å². The van der Waals surface area contributed by atoms with Gasteiger partial charge in [0.15, 0.2) is 0 Å². The monoisotopic (exact) mass is 568 g/mol. The second-order valence-corrected chi connectivity index (χ2v) is 12.6. The molecule has 0 fully saturated rings. The minimum Gasteiger partial charge on any atom is -0.456 e. The maximum atomic E-state index is 6.23. The molecule has 0 saturated carbocycles. The molecule has 0 N–H and O–H groups in total. The summed E-state index contributed by atoms with van der Waals surface area (Å²) < 4.78 is 6.23. The topological polar surface area (TPSA) is 29.3 Å². The first kappa shape index (κ1) is 26.2. The summed E-state index contributed by atoms with van der Waals surface area (Å²) in [7, 11) is 0. The Labute approximate surface area is 257 Å². The number of fused-ring (bicyclic) bond motifs is 6. The van der Waals surface area contributed by atoms with Crippen LogP contribution in [0.5, 0.6) is 0 Å². The molecule has 3 nitrogen and oxygen atoms in total. The molecule has 0 aliphatic carbocycles. The highest BCUT2D eigenvalue weighted by molar-refractivity contribution is 6.09. The van der Waals surface area contributed by atoms with Gasteiger partial charge in [-0.25, -0.2) is 0 Å². The molecule has 0 spiro atoms. The summed E-state index contributed by atoms with van der Waals surface area (Å²) in [5.41, 5.74) is 8.49. The van der Waals surface area contributed by atoms with Crippen molar-refractivity contribution in [1.29, 1.82) is 0 Å². The van der Waals surface area contributed by atoms with E-state index in [1.807, 2.05) is 12.4 Å². The lowest BCUT2D eigenvalue weighted by atomic mass is 9.86. The molecule has 8 rings (SSSR count). The fourth-order valence-corrected chi connectivity index (χ4v) is 6.28. The lowest BCUT2D eigenvalue weighted by molar-refractivity contribution is 0.590. The Morgan fingerprint density at radius 3 is 2.02 bits per heavy atom. The summed E-state index contributed by atoms with van der Waals surface area (Å²) in [5.74, 6) is 0. The number of rotatable bonds is 4. The second kappa shape index (κ2) is 10.1. The van der Waals surface area contributed by atoms with Crippen molar-refractivity contribution in [3.63, 3.8) is 0 Å². The van der Waals surface area contributed by atoms with Crippen LogP contribution in [0.3, 0.4) is 0 Å². The highest BCUT2D eigenvalue weighted by Crippen LogP contribution is 2.40. The van der Waals surface area contributed by atoms with Gasteiger partial charge >= 0.3 is 0 Å². The van der Waals surface area contributed by atoms with Gasteiger partial charge in [-0.3, -0.25) is 4.98 Å². The van der Waals surface area contributed by atoms with Gasteiger partial charge in [-0.2, -0.15) is 0 Å². The summed E-state index contributed by atoms with van der Waals surface area (Å²) >= 11 is 0. The molecule has 6 aromatic carbocycles. The Kier molecular flexibility index (Phi) is 6.02. The van der Waals surface area contributed by atoms with Crippen molar-refractivity contribution in [3.05, 3.63) is 145 Å². The molecule has 2 aromatic heterocycles. The molecule has 0 atom stereocenters. The number of benzene rings is 6. The van der Waals surface area contributed by atoms with Crippen LogP contribution in [-0.2, 0) is 5.41 Å². The van der Waals surface area contributed by atoms with E-state index in [2.05, 4.69) is 153 Å². The zero-order valence-electron chi connectivity index (χ0n) is 25.1. The molecule has 0 radical (unpaired) electrons. The first-order valence-corrected chi connectivity index (χ1v) is 15.1. The van der Waals surface area contributed by atoms with Gasteiger partial charge in [0, 0.05) is 33.9 Å². The van der Waals surface area contributed by atoms with Crippen LogP contribution in [0, 0.1) is 0 Å². The van der Waals surface area contributed by atoms with Crippen molar-refractivity contribution in [2.75, 3.05) is 4.90 Å². The third-order valence-electron chi connectivity index (χ3n) is 8.65. The Morgan fingerprint density at radius 2 is 1.20 bits per heavy atom. The molecule has 0 aliphatic heterocycles. The zero-order valence-corrected chi connectivity index (χ0v) is 25.1. The molecule has 0 saturated heterocycles. The molecule has 3 heteroatoms. The Balaban J connectivity index is 1.27. The van der Waals surface area contributed by atoms with E-state index < -0.39 is 0 Å². The molecule has 0 aliphatic rings. The largest absolute Gasteiger partial charge is 0.456 e. The van der Waals surface area contributed by atoms with Crippen LogP contribution in [0.15, 0.2) is 144 Å². The number of hydrogen-bond acceptors (Lipinski definition) is 3. The summed E-state index contributed by atoms with van der Waals surface area (Å²) in [6.07, 6.45) is 3.90. The Bertz CT molecular complexity index is 2330. The number of pyridine rings is 1. The van der Waals surface area contributed by atoms with Gasteiger partial charge in [-0.1, -0.05) is 93.6 Å². The quantitative estimate of drug-likeness (QED) is 0.198. The number of nitrogens with zero attached hydrogens (tertiary/aromatic N) is 2. The fraction of sp³-hybridized carbons (Fsp3) is 0.0976. The third kappa shape index (κ3) is 4.49. The SMILES string of the molecule is CC(C)(C)c1ccc2oc3ccc(-c4cncc(N(c5ccccc5)c5ccc6ccc7ccccc7c6c5)c4)cc3c2c1.